The molecular weight excluding hydrogens is 414 g/mol. The fraction of sp³-hybridized carbons (Fsp3) is 0.261. The molecule has 3 aromatic rings. The van der Waals surface area contributed by atoms with Crippen molar-refractivity contribution in [3.63, 3.8) is 0 Å². The van der Waals surface area contributed by atoms with E-state index in [1.807, 2.05) is 36.4 Å². The molecule has 0 saturated carbocycles. The van der Waals surface area contributed by atoms with Crippen molar-refractivity contribution in [2.45, 2.75) is 27.4 Å². The third kappa shape index (κ3) is 5.82. The molecule has 1 heterocycles. The summed E-state index contributed by atoms with van der Waals surface area (Å²) in [5.41, 5.74) is 6.59. The molecule has 0 amide bonds. The van der Waals surface area contributed by atoms with Crippen molar-refractivity contribution in [2.24, 2.45) is 5.10 Å². The summed E-state index contributed by atoms with van der Waals surface area (Å²) in [4.78, 5) is 16.7. The number of aromatic nitrogens is 1. The number of nitrogens with zero attached hydrogens (tertiary/aromatic N) is 2. The lowest BCUT2D eigenvalue weighted by molar-refractivity contribution is 0.0531. The van der Waals surface area contributed by atoms with Crippen molar-refractivity contribution in [2.75, 3.05) is 19.1 Å². The van der Waals surface area contributed by atoms with Crippen LogP contribution >= 0.6 is 11.3 Å². The minimum absolute atomic E-state index is 0.323. The molecule has 0 atom stereocenters. The van der Waals surface area contributed by atoms with E-state index in [0.29, 0.717) is 40.4 Å². The highest BCUT2D eigenvalue weighted by atomic mass is 32.1. The number of ether oxygens (including phenoxy) is 3. The Kier molecular flexibility index (Phi) is 7.61. The number of carbonyl (C=O) groups excluding carboxylic acids is 1. The molecule has 0 saturated heterocycles. The lowest BCUT2D eigenvalue weighted by Gasteiger charge is -2.12. The fourth-order valence-corrected chi connectivity index (χ4v) is 3.61. The van der Waals surface area contributed by atoms with E-state index in [9.17, 15) is 4.79 Å². The van der Waals surface area contributed by atoms with Crippen LogP contribution in [0.4, 0.5) is 5.13 Å². The zero-order valence-electron chi connectivity index (χ0n) is 18.0. The van der Waals surface area contributed by atoms with Crippen LogP contribution in [0, 0.1) is 13.8 Å². The smallest absolute Gasteiger partial charge is 0.350 e. The zero-order valence-corrected chi connectivity index (χ0v) is 18.8. The highest BCUT2D eigenvalue weighted by Crippen LogP contribution is 2.29. The van der Waals surface area contributed by atoms with Gasteiger partial charge in [0.05, 0.1) is 25.6 Å². The van der Waals surface area contributed by atoms with Crippen molar-refractivity contribution in [1.82, 2.24) is 4.98 Å². The Balaban J connectivity index is 1.64. The number of thiazole rings is 1. The molecule has 2 aromatic carbocycles. The summed E-state index contributed by atoms with van der Waals surface area (Å²) >= 11 is 1.20. The molecule has 1 aromatic heterocycles. The number of rotatable bonds is 9. The summed E-state index contributed by atoms with van der Waals surface area (Å²) in [6, 6.07) is 13.7. The second-order valence-electron chi connectivity index (χ2n) is 6.65. The largest absolute Gasteiger partial charge is 0.493 e. The standard InChI is InChI=1S/C23H25N3O4S/c1-5-29-22(27)21-16(3)25-23(31-21)26-24-13-17-10-11-19(20(12-17)28-4)30-14-18-9-7-6-8-15(18)2/h6-13H,5,14H2,1-4H3,(H,25,26)/b24-13+. The monoisotopic (exact) mass is 439 g/mol. The third-order valence-electron chi connectivity index (χ3n) is 4.46. The molecule has 31 heavy (non-hydrogen) atoms. The number of methoxy groups -OCH3 is 1. The van der Waals surface area contributed by atoms with Crippen LogP contribution in [-0.4, -0.2) is 30.9 Å². The van der Waals surface area contributed by atoms with E-state index in [4.69, 9.17) is 14.2 Å². The molecule has 0 unspecified atom stereocenters. The average molecular weight is 440 g/mol. The number of esters is 1. The summed E-state index contributed by atoms with van der Waals surface area (Å²) in [5.74, 6) is 0.901. The van der Waals surface area contributed by atoms with E-state index >= 15 is 0 Å². The van der Waals surface area contributed by atoms with Crippen molar-refractivity contribution in [3.05, 3.63) is 69.7 Å². The van der Waals surface area contributed by atoms with Gasteiger partial charge >= 0.3 is 5.97 Å². The Bertz CT molecular complexity index is 1080. The van der Waals surface area contributed by atoms with Gasteiger partial charge in [0.15, 0.2) is 11.5 Å². The van der Waals surface area contributed by atoms with E-state index in [1.165, 1.54) is 16.9 Å². The third-order valence-corrected chi connectivity index (χ3v) is 5.51. The number of benzene rings is 2. The molecule has 8 heteroatoms. The first-order valence-corrected chi connectivity index (χ1v) is 10.6. The Hall–Kier alpha value is -3.39. The van der Waals surface area contributed by atoms with Crippen LogP contribution in [0.25, 0.3) is 0 Å². The molecule has 1 N–H and O–H groups in total. The lowest BCUT2D eigenvalue weighted by atomic mass is 10.1. The van der Waals surface area contributed by atoms with Gasteiger partial charge < -0.3 is 14.2 Å². The zero-order chi connectivity index (χ0) is 22.2. The molecule has 3 rings (SSSR count). The predicted molar refractivity (Wildman–Crippen MR) is 123 cm³/mol. The van der Waals surface area contributed by atoms with Gasteiger partial charge in [-0.25, -0.2) is 9.78 Å². The van der Waals surface area contributed by atoms with Crippen molar-refractivity contribution >= 4 is 28.7 Å². The second-order valence-corrected chi connectivity index (χ2v) is 7.65. The quantitative estimate of drug-likeness (QED) is 0.288. The molecule has 162 valence electrons. The fourth-order valence-electron chi connectivity index (χ4n) is 2.80. The van der Waals surface area contributed by atoms with Gasteiger partial charge in [0.1, 0.15) is 11.5 Å². The molecule has 0 spiro atoms. The van der Waals surface area contributed by atoms with E-state index in [0.717, 1.165) is 11.1 Å². The number of hydrogen-bond acceptors (Lipinski definition) is 8. The summed E-state index contributed by atoms with van der Waals surface area (Å²) < 4.78 is 16.4. The minimum Gasteiger partial charge on any atom is -0.493 e. The van der Waals surface area contributed by atoms with E-state index in [-0.39, 0.29) is 5.97 Å². The van der Waals surface area contributed by atoms with Gasteiger partial charge in [0.2, 0.25) is 5.13 Å². The number of aryl methyl sites for hydroxylation is 2. The van der Waals surface area contributed by atoms with Crippen LogP contribution in [0.3, 0.4) is 0 Å². The second kappa shape index (κ2) is 10.6. The number of hydrogen-bond donors (Lipinski definition) is 1. The normalized spacial score (nSPS) is 10.8. The minimum atomic E-state index is -0.374. The Morgan fingerprint density at radius 1 is 1.19 bits per heavy atom. The number of carbonyl (C=O) groups is 1. The lowest BCUT2D eigenvalue weighted by Crippen LogP contribution is -2.03. The first-order valence-electron chi connectivity index (χ1n) is 9.80. The van der Waals surface area contributed by atoms with Crippen molar-refractivity contribution in [3.8, 4) is 11.5 Å². The maximum atomic E-state index is 11.9. The molecule has 0 aliphatic rings. The van der Waals surface area contributed by atoms with Crippen molar-refractivity contribution < 1.29 is 19.0 Å². The first-order chi connectivity index (χ1) is 15.0. The topological polar surface area (TPSA) is 82.0 Å². The predicted octanol–water partition coefficient (Wildman–Crippen LogP) is 4.97. The maximum Gasteiger partial charge on any atom is 0.350 e. The highest BCUT2D eigenvalue weighted by molar-refractivity contribution is 7.17. The summed E-state index contributed by atoms with van der Waals surface area (Å²) in [6.07, 6.45) is 1.65. The maximum absolute atomic E-state index is 11.9. The van der Waals surface area contributed by atoms with Crippen LogP contribution in [0.1, 0.15) is 39.0 Å². The number of nitrogens with one attached hydrogen (secondary N) is 1. The molecular formula is C23H25N3O4S. The Morgan fingerprint density at radius 3 is 2.74 bits per heavy atom. The van der Waals surface area contributed by atoms with Gasteiger partial charge in [-0.15, -0.1) is 0 Å². The number of anilines is 1. The van der Waals surface area contributed by atoms with Gasteiger partial charge in [-0.05, 0) is 55.7 Å². The molecule has 0 aliphatic heterocycles. The highest BCUT2D eigenvalue weighted by Gasteiger charge is 2.16. The van der Waals surface area contributed by atoms with Crippen LogP contribution < -0.4 is 14.9 Å². The van der Waals surface area contributed by atoms with Gasteiger partial charge in [-0.1, -0.05) is 35.6 Å². The average Bonchev–Trinajstić information content (AvgIpc) is 3.14. The molecule has 0 fully saturated rings. The van der Waals surface area contributed by atoms with E-state index in [1.54, 1.807) is 27.2 Å². The van der Waals surface area contributed by atoms with E-state index < -0.39 is 0 Å². The summed E-state index contributed by atoms with van der Waals surface area (Å²) in [5, 5.41) is 4.72. The Morgan fingerprint density at radius 2 is 2.00 bits per heavy atom. The molecule has 0 bridgehead atoms. The summed E-state index contributed by atoms with van der Waals surface area (Å²) in [6.45, 7) is 6.37. The van der Waals surface area contributed by atoms with Crippen LogP contribution in [-0.2, 0) is 11.3 Å². The SMILES string of the molecule is CCOC(=O)c1sc(N/N=C/c2ccc(OCc3ccccc3C)c(OC)c2)nc1C. The Labute approximate surface area is 185 Å². The number of hydrazone groups is 1. The molecule has 7 nitrogen and oxygen atoms in total. The van der Waals surface area contributed by atoms with Gasteiger partial charge in [0, 0.05) is 0 Å². The first kappa shape index (κ1) is 22.3. The summed E-state index contributed by atoms with van der Waals surface area (Å²) in [7, 11) is 1.60. The van der Waals surface area contributed by atoms with Gasteiger partial charge in [-0.3, -0.25) is 5.43 Å². The van der Waals surface area contributed by atoms with E-state index in [2.05, 4.69) is 28.5 Å². The van der Waals surface area contributed by atoms with Gasteiger partial charge in [-0.2, -0.15) is 5.10 Å². The molecule has 0 aliphatic carbocycles. The van der Waals surface area contributed by atoms with Crippen LogP contribution in [0.5, 0.6) is 11.5 Å². The van der Waals surface area contributed by atoms with Crippen LogP contribution in [0.2, 0.25) is 0 Å². The van der Waals surface area contributed by atoms with Crippen LogP contribution in [0.15, 0.2) is 47.6 Å². The van der Waals surface area contributed by atoms with Crippen molar-refractivity contribution in [1.29, 1.82) is 0 Å². The molecule has 0 radical (unpaired) electrons. The van der Waals surface area contributed by atoms with Gasteiger partial charge in [0.25, 0.3) is 0 Å².